The highest BCUT2D eigenvalue weighted by Gasteiger charge is 2.29. The predicted octanol–water partition coefficient (Wildman–Crippen LogP) is 3.24. The van der Waals surface area contributed by atoms with Crippen molar-refractivity contribution >= 4 is 11.6 Å². The summed E-state index contributed by atoms with van der Waals surface area (Å²) in [6, 6.07) is 6.81. The van der Waals surface area contributed by atoms with Crippen LogP contribution in [-0.2, 0) is 6.42 Å². The highest BCUT2D eigenvalue weighted by molar-refractivity contribution is 6.30. The molecule has 1 unspecified atom stereocenters. The minimum atomic E-state index is 0.171. The quantitative estimate of drug-likeness (QED) is 0.907. The van der Waals surface area contributed by atoms with Crippen molar-refractivity contribution < 1.29 is 0 Å². The summed E-state index contributed by atoms with van der Waals surface area (Å²) in [4.78, 5) is 2.44. The fraction of sp³-hybridized carbons (Fsp3) is 0.600. The molecule has 2 N–H and O–H groups in total. The van der Waals surface area contributed by atoms with Crippen LogP contribution in [0.5, 0.6) is 0 Å². The van der Waals surface area contributed by atoms with E-state index in [-0.39, 0.29) is 5.41 Å². The lowest BCUT2D eigenvalue weighted by molar-refractivity contribution is 0.164. The lowest BCUT2D eigenvalue weighted by Gasteiger charge is -2.33. The SMILES string of the molecule is CN(CC(C)(C)CN)C1CCc2cc(Cl)ccc21. The van der Waals surface area contributed by atoms with Crippen molar-refractivity contribution in [3.63, 3.8) is 0 Å². The summed E-state index contributed by atoms with van der Waals surface area (Å²) in [6.45, 7) is 6.19. The fourth-order valence-corrected chi connectivity index (χ4v) is 3.07. The van der Waals surface area contributed by atoms with Crippen LogP contribution in [0.25, 0.3) is 0 Å². The Morgan fingerprint density at radius 1 is 1.44 bits per heavy atom. The Morgan fingerprint density at radius 2 is 2.17 bits per heavy atom. The van der Waals surface area contributed by atoms with Gasteiger partial charge in [-0.05, 0) is 55.1 Å². The first kappa shape index (κ1) is 13.9. The van der Waals surface area contributed by atoms with Gasteiger partial charge in [-0.25, -0.2) is 0 Å². The van der Waals surface area contributed by atoms with Crippen molar-refractivity contribution in [3.8, 4) is 0 Å². The van der Waals surface area contributed by atoms with E-state index < -0.39 is 0 Å². The van der Waals surface area contributed by atoms with E-state index in [2.05, 4.69) is 37.9 Å². The molecule has 0 spiro atoms. The van der Waals surface area contributed by atoms with Crippen LogP contribution in [0.4, 0.5) is 0 Å². The van der Waals surface area contributed by atoms with Crippen molar-refractivity contribution in [2.75, 3.05) is 20.1 Å². The van der Waals surface area contributed by atoms with Crippen molar-refractivity contribution in [1.29, 1.82) is 0 Å². The van der Waals surface area contributed by atoms with E-state index in [0.717, 1.165) is 24.5 Å². The molecule has 2 rings (SSSR count). The van der Waals surface area contributed by atoms with Crippen LogP contribution in [-0.4, -0.2) is 25.0 Å². The molecule has 0 saturated heterocycles. The highest BCUT2D eigenvalue weighted by Crippen LogP contribution is 2.37. The Labute approximate surface area is 115 Å². The van der Waals surface area contributed by atoms with E-state index in [1.807, 2.05) is 6.07 Å². The molecular weight excluding hydrogens is 244 g/mol. The molecule has 0 aromatic heterocycles. The third-order valence-electron chi connectivity index (χ3n) is 3.91. The molecule has 1 aromatic carbocycles. The van der Waals surface area contributed by atoms with Gasteiger partial charge in [0.25, 0.3) is 0 Å². The van der Waals surface area contributed by atoms with Gasteiger partial charge in [0.05, 0.1) is 0 Å². The van der Waals surface area contributed by atoms with Gasteiger partial charge in [0.2, 0.25) is 0 Å². The standard InChI is InChI=1S/C15H23ClN2/c1-15(2,9-17)10-18(3)14-7-4-11-8-12(16)5-6-13(11)14/h5-6,8,14H,4,7,9-10,17H2,1-3H3. The van der Waals surface area contributed by atoms with E-state index in [1.165, 1.54) is 17.5 Å². The van der Waals surface area contributed by atoms with Crippen molar-refractivity contribution in [2.24, 2.45) is 11.1 Å². The van der Waals surface area contributed by atoms with E-state index in [1.54, 1.807) is 0 Å². The zero-order valence-corrected chi connectivity index (χ0v) is 12.3. The number of aryl methyl sites for hydroxylation is 1. The third kappa shape index (κ3) is 2.87. The van der Waals surface area contributed by atoms with Gasteiger partial charge in [-0.15, -0.1) is 0 Å². The van der Waals surface area contributed by atoms with Crippen LogP contribution >= 0.6 is 11.6 Å². The zero-order chi connectivity index (χ0) is 13.3. The molecule has 1 aliphatic rings. The van der Waals surface area contributed by atoms with Crippen LogP contribution < -0.4 is 5.73 Å². The van der Waals surface area contributed by atoms with E-state index in [9.17, 15) is 0 Å². The average Bonchev–Trinajstić information content (AvgIpc) is 2.71. The monoisotopic (exact) mass is 266 g/mol. The van der Waals surface area contributed by atoms with Crippen LogP contribution in [0.15, 0.2) is 18.2 Å². The Bertz CT molecular complexity index is 429. The summed E-state index contributed by atoms with van der Waals surface area (Å²) in [7, 11) is 2.20. The molecule has 2 nitrogen and oxygen atoms in total. The van der Waals surface area contributed by atoms with Gasteiger partial charge < -0.3 is 5.73 Å². The molecule has 0 aliphatic heterocycles. The summed E-state index contributed by atoms with van der Waals surface area (Å²) in [5.74, 6) is 0. The van der Waals surface area contributed by atoms with Crippen LogP contribution in [0.3, 0.4) is 0 Å². The molecule has 18 heavy (non-hydrogen) atoms. The molecule has 1 atom stereocenters. The molecule has 1 aromatic rings. The minimum Gasteiger partial charge on any atom is -0.330 e. The van der Waals surface area contributed by atoms with Gasteiger partial charge in [-0.2, -0.15) is 0 Å². The molecule has 1 aliphatic carbocycles. The topological polar surface area (TPSA) is 29.3 Å². The van der Waals surface area contributed by atoms with Gasteiger partial charge in [0.15, 0.2) is 0 Å². The molecule has 0 saturated carbocycles. The maximum Gasteiger partial charge on any atom is 0.0408 e. The lowest BCUT2D eigenvalue weighted by atomic mass is 9.92. The third-order valence-corrected chi connectivity index (χ3v) is 4.15. The van der Waals surface area contributed by atoms with Gasteiger partial charge in [0, 0.05) is 17.6 Å². The summed E-state index contributed by atoms with van der Waals surface area (Å²) in [6.07, 6.45) is 2.32. The Balaban J connectivity index is 2.13. The fourth-order valence-electron chi connectivity index (χ4n) is 2.87. The second-order valence-electron chi connectivity index (χ2n) is 6.18. The van der Waals surface area contributed by atoms with E-state index >= 15 is 0 Å². The Morgan fingerprint density at radius 3 is 2.83 bits per heavy atom. The van der Waals surface area contributed by atoms with Gasteiger partial charge in [-0.3, -0.25) is 4.90 Å². The normalized spacial score (nSPS) is 19.3. The minimum absolute atomic E-state index is 0.171. The molecule has 0 heterocycles. The van der Waals surface area contributed by atoms with Crippen LogP contribution in [0.1, 0.15) is 37.4 Å². The first-order valence-corrected chi connectivity index (χ1v) is 6.99. The summed E-state index contributed by atoms with van der Waals surface area (Å²) in [5, 5.41) is 0.847. The number of nitrogens with two attached hydrogens (primary N) is 1. The zero-order valence-electron chi connectivity index (χ0n) is 11.5. The van der Waals surface area contributed by atoms with Gasteiger partial charge in [0.1, 0.15) is 0 Å². The number of hydrogen-bond donors (Lipinski definition) is 1. The van der Waals surface area contributed by atoms with Crippen LogP contribution in [0.2, 0.25) is 5.02 Å². The van der Waals surface area contributed by atoms with Gasteiger partial charge >= 0.3 is 0 Å². The van der Waals surface area contributed by atoms with Crippen molar-refractivity contribution in [1.82, 2.24) is 4.90 Å². The summed E-state index contributed by atoms with van der Waals surface area (Å²) in [5.41, 5.74) is 8.84. The smallest absolute Gasteiger partial charge is 0.0408 e. The second-order valence-corrected chi connectivity index (χ2v) is 6.62. The molecule has 0 fully saturated rings. The largest absolute Gasteiger partial charge is 0.330 e. The predicted molar refractivity (Wildman–Crippen MR) is 78.0 cm³/mol. The molecule has 0 radical (unpaired) electrons. The number of rotatable bonds is 4. The Hall–Kier alpha value is -0.570. The van der Waals surface area contributed by atoms with E-state index in [4.69, 9.17) is 17.3 Å². The number of nitrogens with zero attached hydrogens (tertiary/aromatic N) is 1. The highest BCUT2D eigenvalue weighted by atomic mass is 35.5. The first-order valence-electron chi connectivity index (χ1n) is 6.61. The second kappa shape index (κ2) is 5.20. The lowest BCUT2D eigenvalue weighted by Crippen LogP contribution is -2.38. The maximum absolute atomic E-state index is 6.05. The number of fused-ring (bicyclic) bond motifs is 1. The maximum atomic E-state index is 6.05. The number of hydrogen-bond acceptors (Lipinski definition) is 2. The summed E-state index contributed by atoms with van der Waals surface area (Å²) >= 11 is 6.05. The number of benzene rings is 1. The molecule has 3 heteroatoms. The molecule has 0 amide bonds. The van der Waals surface area contributed by atoms with Gasteiger partial charge in [-0.1, -0.05) is 31.5 Å². The van der Waals surface area contributed by atoms with Crippen molar-refractivity contribution in [2.45, 2.75) is 32.7 Å². The molecule has 0 bridgehead atoms. The Kier molecular flexibility index (Phi) is 4.00. The average molecular weight is 267 g/mol. The number of halogens is 1. The first-order chi connectivity index (χ1) is 8.43. The van der Waals surface area contributed by atoms with Crippen molar-refractivity contribution in [3.05, 3.63) is 34.3 Å². The molecule has 100 valence electrons. The van der Waals surface area contributed by atoms with Crippen LogP contribution in [0, 0.1) is 5.41 Å². The molecular formula is C15H23ClN2. The van der Waals surface area contributed by atoms with E-state index in [0.29, 0.717) is 6.04 Å². The summed E-state index contributed by atoms with van der Waals surface area (Å²) < 4.78 is 0.